The van der Waals surface area contributed by atoms with Crippen LogP contribution in [0.25, 0.3) is 11.1 Å². The summed E-state index contributed by atoms with van der Waals surface area (Å²) in [5.41, 5.74) is 2.37. The van der Waals surface area contributed by atoms with Gasteiger partial charge in [0.15, 0.2) is 0 Å². The van der Waals surface area contributed by atoms with Gasteiger partial charge in [-0.1, -0.05) is 61.7 Å². The molecule has 2 aliphatic heterocycles. The number of benzene rings is 2. The molecule has 11 nitrogen and oxygen atoms in total. The summed E-state index contributed by atoms with van der Waals surface area (Å²) in [5.74, 6) is -3.14. The molecule has 0 bridgehead atoms. The first-order chi connectivity index (χ1) is 22.6. The van der Waals surface area contributed by atoms with E-state index in [9.17, 15) is 27.6 Å². The molecule has 0 radical (unpaired) electrons. The Hall–Kier alpha value is -3.93. The quantitative estimate of drug-likeness (QED) is 0.502. The number of nitrogens with one attached hydrogen (secondary N) is 2. The second-order valence-electron chi connectivity index (χ2n) is 14.0. The molecule has 2 aromatic rings. The van der Waals surface area contributed by atoms with E-state index in [1.165, 1.54) is 0 Å². The predicted molar refractivity (Wildman–Crippen MR) is 174 cm³/mol. The van der Waals surface area contributed by atoms with Gasteiger partial charge in [0, 0.05) is 19.2 Å². The average molecular weight is 663 g/mol. The lowest BCUT2D eigenvalue weighted by Crippen LogP contribution is -2.54. The average Bonchev–Trinajstić information content (AvgIpc) is 3.98. The number of hydrogen-bond donors (Lipinski definition) is 2. The standard InChI is InChI=1S/C35H42N4O7S/c1-38-17-9-3-2-4-11-23-20-35(23,33(42)37-47(44,45)25-15-16-25)36-31(40)28-18-24(19-29(28)32(38)41)46-34(43)39-21-22-10-5-6-12-26(22)27-13-7-8-14-30(27)39/h5-8,10,12-14,23-25,28-29H,2-4,9,11,15-21H2,1H3,(H,36,40)(H,37,42)/t23-,24-,28-,29-,35-/m1/s1. The van der Waals surface area contributed by atoms with Crippen LogP contribution in [-0.2, 0) is 35.7 Å². The molecule has 5 aliphatic rings. The van der Waals surface area contributed by atoms with Crippen molar-refractivity contribution in [3.63, 3.8) is 0 Å². The predicted octanol–water partition coefficient (Wildman–Crippen LogP) is 4.11. The van der Waals surface area contributed by atoms with Crippen molar-refractivity contribution in [2.75, 3.05) is 18.5 Å². The molecule has 4 amide bonds. The molecular formula is C35H42N4O7S. The topological polar surface area (TPSA) is 142 Å². The van der Waals surface area contributed by atoms with Crippen LogP contribution in [-0.4, -0.2) is 67.6 Å². The molecule has 0 aromatic heterocycles. The third-order valence-corrected chi connectivity index (χ3v) is 12.5. The lowest BCUT2D eigenvalue weighted by Gasteiger charge is -2.31. The number of amides is 4. The Balaban J connectivity index is 1.12. The van der Waals surface area contributed by atoms with Gasteiger partial charge in [0.05, 0.1) is 29.3 Å². The Labute approximate surface area is 275 Å². The fraction of sp³-hybridized carbons (Fsp3) is 0.543. The van der Waals surface area contributed by atoms with E-state index in [1.54, 1.807) is 16.8 Å². The molecule has 2 heterocycles. The number of carbonyl (C=O) groups is 4. The fourth-order valence-electron chi connectivity index (χ4n) is 7.78. The zero-order chi connectivity index (χ0) is 32.9. The molecule has 0 spiro atoms. The van der Waals surface area contributed by atoms with Crippen molar-refractivity contribution >= 4 is 39.5 Å². The maximum absolute atomic E-state index is 14.0. The zero-order valence-corrected chi connectivity index (χ0v) is 27.5. The van der Waals surface area contributed by atoms with Crippen molar-refractivity contribution in [1.82, 2.24) is 14.9 Å². The second-order valence-corrected chi connectivity index (χ2v) is 15.9. The van der Waals surface area contributed by atoms with Crippen molar-refractivity contribution in [2.45, 2.75) is 87.6 Å². The van der Waals surface area contributed by atoms with Gasteiger partial charge in [-0.2, -0.15) is 0 Å². The minimum absolute atomic E-state index is 0.122. The Morgan fingerprint density at radius 3 is 2.40 bits per heavy atom. The number of anilines is 1. The van der Waals surface area contributed by atoms with Crippen molar-refractivity contribution in [3.05, 3.63) is 54.1 Å². The van der Waals surface area contributed by atoms with Gasteiger partial charge in [0.2, 0.25) is 21.8 Å². The third kappa shape index (κ3) is 6.12. The van der Waals surface area contributed by atoms with E-state index in [2.05, 4.69) is 10.0 Å². The summed E-state index contributed by atoms with van der Waals surface area (Å²) >= 11 is 0. The molecule has 250 valence electrons. The van der Waals surface area contributed by atoms with E-state index in [-0.39, 0.29) is 24.7 Å². The lowest BCUT2D eigenvalue weighted by atomic mass is 9.92. The van der Waals surface area contributed by atoms with Crippen LogP contribution in [0.5, 0.6) is 0 Å². The van der Waals surface area contributed by atoms with Crippen molar-refractivity contribution in [1.29, 1.82) is 0 Å². The zero-order valence-electron chi connectivity index (χ0n) is 26.7. The molecule has 2 aromatic carbocycles. The maximum Gasteiger partial charge on any atom is 0.414 e. The smallest absolute Gasteiger partial charge is 0.414 e. The van der Waals surface area contributed by atoms with Gasteiger partial charge >= 0.3 is 6.09 Å². The van der Waals surface area contributed by atoms with Crippen LogP contribution in [0.15, 0.2) is 48.5 Å². The van der Waals surface area contributed by atoms with Crippen LogP contribution < -0.4 is 14.9 Å². The summed E-state index contributed by atoms with van der Waals surface area (Å²) in [7, 11) is -2.07. The number of rotatable bonds is 4. The Morgan fingerprint density at radius 2 is 1.62 bits per heavy atom. The van der Waals surface area contributed by atoms with Gasteiger partial charge in [0.25, 0.3) is 5.91 Å². The summed E-state index contributed by atoms with van der Waals surface area (Å²) in [5, 5.41) is 2.36. The highest BCUT2D eigenvalue weighted by Gasteiger charge is 2.62. The Kier molecular flexibility index (Phi) is 8.26. The van der Waals surface area contributed by atoms with E-state index in [0.29, 0.717) is 38.8 Å². The first-order valence-corrected chi connectivity index (χ1v) is 18.4. The van der Waals surface area contributed by atoms with E-state index >= 15 is 0 Å². The fourth-order valence-corrected chi connectivity index (χ4v) is 9.14. The van der Waals surface area contributed by atoms with Crippen molar-refractivity contribution in [3.8, 4) is 11.1 Å². The minimum Gasteiger partial charge on any atom is -0.446 e. The number of para-hydroxylation sites is 1. The molecule has 1 saturated heterocycles. The molecule has 7 rings (SSSR count). The molecule has 4 fully saturated rings. The van der Waals surface area contributed by atoms with Crippen LogP contribution in [0, 0.1) is 17.8 Å². The summed E-state index contributed by atoms with van der Waals surface area (Å²) in [4.78, 5) is 58.4. The first-order valence-electron chi connectivity index (χ1n) is 16.9. The third-order valence-electron chi connectivity index (χ3n) is 10.7. The van der Waals surface area contributed by atoms with Gasteiger partial charge in [-0.3, -0.25) is 24.0 Å². The number of fused-ring (bicyclic) bond motifs is 5. The molecule has 3 aliphatic carbocycles. The number of carbonyl (C=O) groups excluding carboxylic acids is 4. The van der Waals surface area contributed by atoms with Gasteiger partial charge in [-0.15, -0.1) is 0 Å². The second kappa shape index (κ2) is 12.3. The van der Waals surface area contributed by atoms with Gasteiger partial charge < -0.3 is 15.0 Å². The summed E-state index contributed by atoms with van der Waals surface area (Å²) in [6.07, 6.45) is 4.62. The van der Waals surface area contributed by atoms with Crippen LogP contribution in [0.1, 0.15) is 69.8 Å². The van der Waals surface area contributed by atoms with Gasteiger partial charge in [0.1, 0.15) is 11.6 Å². The van der Waals surface area contributed by atoms with Crippen LogP contribution in [0.4, 0.5) is 10.5 Å². The van der Waals surface area contributed by atoms with Crippen molar-refractivity contribution in [2.24, 2.45) is 17.8 Å². The summed E-state index contributed by atoms with van der Waals surface area (Å²) in [6, 6.07) is 15.6. The Bertz CT molecular complexity index is 1710. The van der Waals surface area contributed by atoms with Crippen LogP contribution in [0.3, 0.4) is 0 Å². The highest BCUT2D eigenvalue weighted by atomic mass is 32.2. The van der Waals surface area contributed by atoms with E-state index < -0.39 is 56.7 Å². The number of ether oxygens (including phenoxy) is 1. The summed E-state index contributed by atoms with van der Waals surface area (Å²) < 4.78 is 33.7. The van der Waals surface area contributed by atoms with Crippen LogP contribution >= 0.6 is 0 Å². The van der Waals surface area contributed by atoms with Crippen molar-refractivity contribution < 1.29 is 32.3 Å². The SMILES string of the molecule is CN1CCCCCC[C@@H]2C[C@@]2(C(=O)NS(=O)(=O)C2CC2)NC(=O)[C@@H]2C[C@@H](OC(=O)N3Cc4ccccc4-c4ccccc43)C[C@H]2C1=O. The highest BCUT2D eigenvalue weighted by molar-refractivity contribution is 7.91. The molecular weight excluding hydrogens is 620 g/mol. The molecule has 47 heavy (non-hydrogen) atoms. The molecule has 12 heteroatoms. The minimum atomic E-state index is -3.81. The molecule has 5 atom stereocenters. The van der Waals surface area contributed by atoms with Crippen LogP contribution in [0.2, 0.25) is 0 Å². The largest absolute Gasteiger partial charge is 0.446 e. The maximum atomic E-state index is 14.0. The molecule has 0 unspecified atom stereocenters. The lowest BCUT2D eigenvalue weighted by molar-refractivity contribution is -0.140. The van der Waals surface area contributed by atoms with E-state index in [0.717, 1.165) is 48.1 Å². The summed E-state index contributed by atoms with van der Waals surface area (Å²) in [6.45, 7) is 0.892. The van der Waals surface area contributed by atoms with E-state index in [1.807, 2.05) is 48.5 Å². The molecule has 2 N–H and O–H groups in total. The van der Waals surface area contributed by atoms with Gasteiger partial charge in [-0.05, 0) is 68.1 Å². The number of hydrogen-bond acceptors (Lipinski definition) is 7. The number of nitrogens with zero attached hydrogens (tertiary/aromatic N) is 2. The number of sulfonamides is 1. The monoisotopic (exact) mass is 662 g/mol. The highest BCUT2D eigenvalue weighted by Crippen LogP contribution is 2.49. The Morgan fingerprint density at radius 1 is 0.915 bits per heavy atom. The normalized spacial score (nSPS) is 29.3. The molecule has 3 saturated carbocycles. The first kappa shape index (κ1) is 31.7. The van der Waals surface area contributed by atoms with Gasteiger partial charge in [-0.25, -0.2) is 13.2 Å². The van der Waals surface area contributed by atoms with E-state index in [4.69, 9.17) is 4.74 Å².